The highest BCUT2D eigenvalue weighted by Crippen LogP contribution is 2.49. The number of rotatable bonds is 6. The largest absolute Gasteiger partial charge is 0.483 e. The fourth-order valence-electron chi connectivity index (χ4n) is 6.49. The number of pyridine rings is 1. The third-order valence-corrected chi connectivity index (χ3v) is 8.94. The number of aliphatic hydroxyl groups is 1. The van der Waals surface area contributed by atoms with Crippen LogP contribution in [0.25, 0.3) is 0 Å². The molecule has 43 heavy (non-hydrogen) atoms. The van der Waals surface area contributed by atoms with Gasteiger partial charge in [0.25, 0.3) is 11.8 Å². The van der Waals surface area contributed by atoms with E-state index in [9.17, 15) is 28.3 Å². The lowest BCUT2D eigenvalue weighted by Gasteiger charge is -2.44. The molecule has 3 aliphatic heterocycles. The lowest BCUT2D eigenvalue weighted by atomic mass is 9.81. The Hall–Kier alpha value is -4.13. The van der Waals surface area contributed by atoms with Crippen LogP contribution in [0.15, 0.2) is 59.5 Å². The number of carbonyl (C=O) groups is 2. The SMILES string of the molecule is CC1C(O)[C@@]2(CC[C@H](C)N3C[C@H]2n2cc(C(N)=O)c(=O)c(OCc4ccccc4)c2C3=O)ON1Cc1ccc(F)cc1F. The van der Waals surface area contributed by atoms with Gasteiger partial charge in [-0.1, -0.05) is 36.4 Å². The van der Waals surface area contributed by atoms with Crippen molar-refractivity contribution in [1.82, 2.24) is 14.5 Å². The Kier molecular flexibility index (Phi) is 7.31. The number of hydroxylamine groups is 2. The van der Waals surface area contributed by atoms with E-state index in [0.29, 0.717) is 12.8 Å². The van der Waals surface area contributed by atoms with Gasteiger partial charge >= 0.3 is 0 Å². The summed E-state index contributed by atoms with van der Waals surface area (Å²) in [7, 11) is 0. The normalized spacial score (nSPS) is 26.8. The number of benzene rings is 2. The van der Waals surface area contributed by atoms with Crippen molar-refractivity contribution in [2.45, 2.75) is 69.7 Å². The van der Waals surface area contributed by atoms with E-state index in [1.54, 1.807) is 36.1 Å². The standard InChI is InChI=1S/C31H32F2N4O6/c1-17-10-11-31(28(39)18(2)37(43-31)13-20-8-9-21(32)12-23(20)33)24-15-35(17)30(41)25-27(42-16-19-6-4-3-5-7-19)26(38)22(29(34)40)14-36(24)25/h3-9,12,14,17-18,24,28,39H,10-11,13,15-16H2,1-2H3,(H2,34,40)/t17-,18?,24+,28?,31-/m0/s1. The highest BCUT2D eigenvalue weighted by Gasteiger charge is 2.61. The molecule has 4 heterocycles. The molecule has 2 aromatic carbocycles. The summed E-state index contributed by atoms with van der Waals surface area (Å²) in [5.41, 5.74) is 3.95. The van der Waals surface area contributed by atoms with Crippen LogP contribution in [0.5, 0.6) is 5.75 Å². The number of fused-ring (bicyclic) bond motifs is 5. The molecular weight excluding hydrogens is 562 g/mol. The summed E-state index contributed by atoms with van der Waals surface area (Å²) in [6.45, 7) is 3.59. The minimum atomic E-state index is -1.34. The Bertz CT molecular complexity index is 1650. The maximum atomic E-state index is 14.6. The zero-order chi connectivity index (χ0) is 30.6. The molecule has 1 spiro atoms. The molecule has 6 rings (SSSR count). The molecule has 5 atom stereocenters. The molecule has 10 nitrogen and oxygen atoms in total. The summed E-state index contributed by atoms with van der Waals surface area (Å²) >= 11 is 0. The summed E-state index contributed by atoms with van der Waals surface area (Å²) in [6.07, 6.45) is 0.871. The van der Waals surface area contributed by atoms with Gasteiger partial charge in [0.1, 0.15) is 35.5 Å². The Morgan fingerprint density at radius 2 is 1.91 bits per heavy atom. The predicted octanol–water partition coefficient (Wildman–Crippen LogP) is 2.92. The molecule has 0 radical (unpaired) electrons. The predicted molar refractivity (Wildman–Crippen MR) is 150 cm³/mol. The topological polar surface area (TPSA) is 127 Å². The van der Waals surface area contributed by atoms with Gasteiger partial charge in [-0.15, -0.1) is 0 Å². The lowest BCUT2D eigenvalue weighted by molar-refractivity contribution is -0.232. The number of ether oxygens (including phenoxy) is 1. The zero-order valence-electron chi connectivity index (χ0n) is 23.7. The first-order valence-corrected chi connectivity index (χ1v) is 14.2. The molecule has 2 saturated heterocycles. The van der Waals surface area contributed by atoms with E-state index < -0.39 is 52.7 Å². The molecule has 2 fully saturated rings. The van der Waals surface area contributed by atoms with Gasteiger partial charge in [-0.2, -0.15) is 5.06 Å². The average Bonchev–Trinajstić information content (AvgIpc) is 3.13. The summed E-state index contributed by atoms with van der Waals surface area (Å²) in [5.74, 6) is -3.22. The van der Waals surface area contributed by atoms with Crippen molar-refractivity contribution < 1.29 is 33.1 Å². The third kappa shape index (κ3) is 4.79. The summed E-state index contributed by atoms with van der Waals surface area (Å²) < 4.78 is 35.6. The Morgan fingerprint density at radius 1 is 1.16 bits per heavy atom. The van der Waals surface area contributed by atoms with Gasteiger partial charge in [0, 0.05) is 30.4 Å². The highest BCUT2D eigenvalue weighted by atomic mass is 19.1. The smallest absolute Gasteiger partial charge is 0.274 e. The number of carbonyl (C=O) groups excluding carboxylic acids is 2. The molecule has 2 unspecified atom stereocenters. The molecule has 1 aromatic heterocycles. The molecule has 12 heteroatoms. The van der Waals surface area contributed by atoms with Crippen molar-refractivity contribution in [3.8, 4) is 5.75 Å². The molecule has 2 bridgehead atoms. The molecule has 2 amide bonds. The van der Waals surface area contributed by atoms with Crippen LogP contribution in [0.4, 0.5) is 8.78 Å². The van der Waals surface area contributed by atoms with Crippen LogP contribution in [-0.4, -0.2) is 61.8 Å². The van der Waals surface area contributed by atoms with Crippen LogP contribution in [0.3, 0.4) is 0 Å². The molecule has 226 valence electrons. The maximum absolute atomic E-state index is 14.6. The number of hydrogen-bond acceptors (Lipinski definition) is 7. The van der Waals surface area contributed by atoms with Crippen molar-refractivity contribution in [1.29, 1.82) is 0 Å². The number of aliphatic hydroxyl groups excluding tert-OH is 1. The van der Waals surface area contributed by atoms with Gasteiger partial charge in [-0.05, 0) is 38.3 Å². The minimum Gasteiger partial charge on any atom is -0.483 e. The molecular formula is C31H32F2N4O6. The molecule has 3 N–H and O–H groups in total. The van der Waals surface area contributed by atoms with Crippen molar-refractivity contribution in [3.05, 3.63) is 99.0 Å². The Labute approximate surface area is 246 Å². The first kappa shape index (κ1) is 29.0. The maximum Gasteiger partial charge on any atom is 0.274 e. The first-order valence-electron chi connectivity index (χ1n) is 14.2. The Balaban J connectivity index is 1.47. The number of nitrogens with two attached hydrogens (primary N) is 1. The van der Waals surface area contributed by atoms with E-state index in [4.69, 9.17) is 15.3 Å². The molecule has 0 aliphatic carbocycles. The van der Waals surface area contributed by atoms with Crippen LogP contribution in [0, 0.1) is 11.6 Å². The monoisotopic (exact) mass is 594 g/mol. The van der Waals surface area contributed by atoms with Crippen molar-refractivity contribution >= 4 is 11.8 Å². The molecule has 0 saturated carbocycles. The van der Waals surface area contributed by atoms with Gasteiger partial charge in [0.05, 0.1) is 18.6 Å². The molecule has 3 aliphatic rings. The van der Waals surface area contributed by atoms with Gasteiger partial charge in [-0.25, -0.2) is 8.78 Å². The van der Waals surface area contributed by atoms with E-state index in [1.165, 1.54) is 21.9 Å². The van der Waals surface area contributed by atoms with Crippen LogP contribution < -0.4 is 15.9 Å². The van der Waals surface area contributed by atoms with Gasteiger partial charge in [0.15, 0.2) is 11.4 Å². The second kappa shape index (κ2) is 10.9. The van der Waals surface area contributed by atoms with Gasteiger partial charge < -0.3 is 25.0 Å². The minimum absolute atomic E-state index is 0.0445. The first-order chi connectivity index (χ1) is 20.5. The quantitative estimate of drug-likeness (QED) is 0.449. The van der Waals surface area contributed by atoms with E-state index in [2.05, 4.69) is 0 Å². The summed E-state index contributed by atoms with van der Waals surface area (Å²) in [5, 5.41) is 13.2. The average molecular weight is 595 g/mol. The second-order valence-corrected chi connectivity index (χ2v) is 11.5. The van der Waals surface area contributed by atoms with E-state index in [0.717, 1.165) is 17.7 Å². The van der Waals surface area contributed by atoms with E-state index in [-0.39, 0.29) is 48.3 Å². The van der Waals surface area contributed by atoms with Crippen molar-refractivity contribution in [2.75, 3.05) is 6.54 Å². The Morgan fingerprint density at radius 3 is 2.60 bits per heavy atom. The number of nitrogens with zero attached hydrogens (tertiary/aromatic N) is 3. The lowest BCUT2D eigenvalue weighted by Crippen LogP contribution is -2.56. The fourth-order valence-corrected chi connectivity index (χ4v) is 6.49. The van der Waals surface area contributed by atoms with Crippen LogP contribution in [0.2, 0.25) is 0 Å². The number of hydrogen-bond donors (Lipinski definition) is 2. The van der Waals surface area contributed by atoms with Gasteiger partial charge in [-0.3, -0.25) is 19.2 Å². The van der Waals surface area contributed by atoms with E-state index >= 15 is 0 Å². The van der Waals surface area contributed by atoms with E-state index in [1.807, 2.05) is 13.0 Å². The summed E-state index contributed by atoms with van der Waals surface area (Å²) in [4.78, 5) is 48.1. The number of aromatic nitrogens is 1. The van der Waals surface area contributed by atoms with Crippen molar-refractivity contribution in [3.63, 3.8) is 0 Å². The van der Waals surface area contributed by atoms with Crippen LogP contribution in [-0.2, 0) is 18.0 Å². The second-order valence-electron chi connectivity index (χ2n) is 11.5. The number of amides is 2. The highest BCUT2D eigenvalue weighted by molar-refractivity contribution is 5.99. The molecule has 3 aromatic rings. The zero-order valence-corrected chi connectivity index (χ0v) is 23.7. The summed E-state index contributed by atoms with van der Waals surface area (Å²) in [6, 6.07) is 10.6. The number of halogens is 2. The van der Waals surface area contributed by atoms with Crippen molar-refractivity contribution in [2.24, 2.45) is 5.73 Å². The third-order valence-electron chi connectivity index (χ3n) is 8.94. The fraction of sp³-hybridized carbons (Fsp3) is 0.387. The van der Waals surface area contributed by atoms with Crippen LogP contribution in [0.1, 0.15) is 64.7 Å². The van der Waals surface area contributed by atoms with Gasteiger partial charge in [0.2, 0.25) is 5.43 Å². The number of primary amides is 1. The van der Waals surface area contributed by atoms with Crippen LogP contribution >= 0.6 is 0 Å².